The quantitative estimate of drug-likeness (QED) is 0.465. The number of rotatable bonds is 3. The zero-order valence-electron chi connectivity index (χ0n) is 8.96. The van der Waals surface area contributed by atoms with Crippen LogP contribution in [0, 0.1) is 0 Å². The summed E-state index contributed by atoms with van der Waals surface area (Å²) in [4.78, 5) is 16.1. The Morgan fingerprint density at radius 2 is 1.65 bits per heavy atom. The normalized spacial score (nSPS) is 9.41. The van der Waals surface area contributed by atoms with Crippen LogP contribution in [0.25, 0.3) is 0 Å². The van der Waals surface area contributed by atoms with Gasteiger partial charge in [0.05, 0.1) is 10.8 Å². The maximum atomic E-state index is 12.2. The number of nitrogens with zero attached hydrogens (tertiary/aromatic N) is 1. The number of carbonyl (C=O) groups is 1. The van der Waals surface area contributed by atoms with E-state index in [1.165, 1.54) is 0 Å². The highest BCUT2D eigenvalue weighted by atomic mass is 32.1. The minimum atomic E-state index is -0.0600. The zero-order chi connectivity index (χ0) is 12.1. The number of para-hydroxylation sites is 1. The van der Waals surface area contributed by atoms with E-state index < -0.39 is 0 Å². The molecule has 0 atom stereocenters. The van der Waals surface area contributed by atoms with E-state index in [1.54, 1.807) is 30.3 Å². The molecule has 3 heteroatoms. The molecule has 0 bridgehead atoms. The number of carbonyl (C=O) groups excluding carboxylic acids is 1. The molecule has 0 aliphatic heterocycles. The summed E-state index contributed by atoms with van der Waals surface area (Å²) in [6.45, 7) is 0. The third-order valence-electron chi connectivity index (χ3n) is 2.35. The Labute approximate surface area is 105 Å². The number of hydrogen-bond acceptors (Lipinski definition) is 3. The minimum Gasteiger partial charge on any atom is -0.289 e. The summed E-state index contributed by atoms with van der Waals surface area (Å²) in [5.74, 6) is -0.0600. The summed E-state index contributed by atoms with van der Waals surface area (Å²) in [6.07, 6.45) is 0. The lowest BCUT2D eigenvalue weighted by molar-refractivity contribution is 0.103. The van der Waals surface area contributed by atoms with Gasteiger partial charge in [-0.1, -0.05) is 42.5 Å². The molecule has 17 heavy (non-hydrogen) atoms. The molecule has 0 spiro atoms. The molecule has 82 valence electrons. The van der Waals surface area contributed by atoms with Crippen molar-refractivity contribution < 1.29 is 4.79 Å². The molecule has 0 N–H and O–H groups in total. The standard InChI is InChI=1S/C14H9NOS/c16-14(11-6-2-1-3-7-11)12-8-4-5-9-13(12)15-10-17/h1-9H. The Morgan fingerprint density at radius 1 is 1.00 bits per heavy atom. The molecule has 0 unspecified atom stereocenters. The second-order valence-corrected chi connectivity index (χ2v) is 3.60. The van der Waals surface area contributed by atoms with Gasteiger partial charge in [-0.05, 0) is 24.4 Å². The fourth-order valence-corrected chi connectivity index (χ4v) is 1.66. The highest BCUT2D eigenvalue weighted by molar-refractivity contribution is 7.78. The van der Waals surface area contributed by atoms with E-state index in [9.17, 15) is 4.79 Å². The number of aliphatic imine (C=N–C) groups is 1. The van der Waals surface area contributed by atoms with Gasteiger partial charge in [0.1, 0.15) is 0 Å². The second-order valence-electron chi connectivity index (χ2n) is 3.42. The van der Waals surface area contributed by atoms with Crippen LogP contribution < -0.4 is 0 Å². The summed E-state index contributed by atoms with van der Waals surface area (Å²) >= 11 is 4.57. The first-order valence-electron chi connectivity index (χ1n) is 5.09. The van der Waals surface area contributed by atoms with E-state index >= 15 is 0 Å². The van der Waals surface area contributed by atoms with Crippen LogP contribution in [0.4, 0.5) is 5.69 Å². The van der Waals surface area contributed by atoms with E-state index in [0.29, 0.717) is 16.8 Å². The van der Waals surface area contributed by atoms with Crippen LogP contribution in [0.15, 0.2) is 59.6 Å². The van der Waals surface area contributed by atoms with Gasteiger partial charge in [0, 0.05) is 11.1 Å². The average Bonchev–Trinajstić information content (AvgIpc) is 2.40. The van der Waals surface area contributed by atoms with Gasteiger partial charge in [0.2, 0.25) is 0 Å². The predicted octanol–water partition coefficient (Wildman–Crippen LogP) is 3.65. The first-order valence-corrected chi connectivity index (χ1v) is 5.50. The topological polar surface area (TPSA) is 29.4 Å². The van der Waals surface area contributed by atoms with Crippen molar-refractivity contribution in [2.75, 3.05) is 0 Å². The number of thiocarbonyl (C=S) groups is 1. The molecular formula is C14H9NOS. The lowest BCUT2D eigenvalue weighted by atomic mass is 10.0. The third-order valence-corrected chi connectivity index (χ3v) is 2.44. The zero-order valence-corrected chi connectivity index (χ0v) is 9.78. The summed E-state index contributed by atoms with van der Waals surface area (Å²) in [5, 5.41) is 2.29. The SMILES string of the molecule is O=C(c1ccccc1)c1ccccc1N=C=S. The summed E-state index contributed by atoms with van der Waals surface area (Å²) in [5.41, 5.74) is 1.73. The van der Waals surface area contributed by atoms with Crippen LogP contribution in [-0.4, -0.2) is 10.9 Å². The Balaban J connectivity index is 2.48. The van der Waals surface area contributed by atoms with Crippen LogP contribution in [0.2, 0.25) is 0 Å². The van der Waals surface area contributed by atoms with Gasteiger partial charge in [0.25, 0.3) is 0 Å². The molecule has 0 saturated heterocycles. The Kier molecular flexibility index (Phi) is 3.55. The summed E-state index contributed by atoms with van der Waals surface area (Å²) in [7, 11) is 0. The van der Waals surface area contributed by atoms with Crippen molar-refractivity contribution in [2.45, 2.75) is 0 Å². The first-order chi connectivity index (χ1) is 8.33. The van der Waals surface area contributed by atoms with Crippen LogP contribution in [0.1, 0.15) is 15.9 Å². The van der Waals surface area contributed by atoms with Crippen molar-refractivity contribution in [3.8, 4) is 0 Å². The van der Waals surface area contributed by atoms with Crippen LogP contribution in [0.5, 0.6) is 0 Å². The molecule has 0 radical (unpaired) electrons. The van der Waals surface area contributed by atoms with Gasteiger partial charge in [-0.2, -0.15) is 4.99 Å². The van der Waals surface area contributed by atoms with E-state index in [1.807, 2.05) is 24.3 Å². The van der Waals surface area contributed by atoms with Gasteiger partial charge in [-0.25, -0.2) is 0 Å². The first kappa shape index (κ1) is 11.4. The van der Waals surface area contributed by atoms with Crippen molar-refractivity contribution in [3.63, 3.8) is 0 Å². The molecular weight excluding hydrogens is 230 g/mol. The molecule has 0 aliphatic carbocycles. The maximum Gasteiger partial charge on any atom is 0.195 e. The van der Waals surface area contributed by atoms with Crippen LogP contribution in [0.3, 0.4) is 0 Å². The van der Waals surface area contributed by atoms with Crippen molar-refractivity contribution in [1.82, 2.24) is 0 Å². The Hall–Kier alpha value is -2.09. The Bertz CT molecular complexity index is 586. The summed E-state index contributed by atoms with van der Waals surface area (Å²) < 4.78 is 0. The van der Waals surface area contributed by atoms with Crippen molar-refractivity contribution in [2.24, 2.45) is 4.99 Å². The number of hydrogen-bond donors (Lipinski definition) is 0. The minimum absolute atomic E-state index is 0.0600. The molecule has 0 fully saturated rings. The molecule has 2 aromatic rings. The third kappa shape index (κ3) is 2.53. The maximum absolute atomic E-state index is 12.2. The highest BCUT2D eigenvalue weighted by Gasteiger charge is 2.11. The van der Waals surface area contributed by atoms with E-state index in [2.05, 4.69) is 22.4 Å². The smallest absolute Gasteiger partial charge is 0.195 e. The molecule has 0 heterocycles. The molecule has 0 amide bonds. The largest absolute Gasteiger partial charge is 0.289 e. The van der Waals surface area contributed by atoms with Gasteiger partial charge in [-0.15, -0.1) is 0 Å². The van der Waals surface area contributed by atoms with Gasteiger partial charge in [-0.3, -0.25) is 4.79 Å². The highest BCUT2D eigenvalue weighted by Crippen LogP contribution is 2.21. The van der Waals surface area contributed by atoms with E-state index in [-0.39, 0.29) is 5.78 Å². The van der Waals surface area contributed by atoms with Crippen molar-refractivity contribution in [1.29, 1.82) is 0 Å². The molecule has 2 rings (SSSR count). The van der Waals surface area contributed by atoms with Crippen LogP contribution >= 0.6 is 12.2 Å². The number of ketones is 1. The lowest BCUT2D eigenvalue weighted by Crippen LogP contribution is -2.00. The fourth-order valence-electron chi connectivity index (χ4n) is 1.56. The molecule has 2 aromatic carbocycles. The second kappa shape index (κ2) is 5.30. The monoisotopic (exact) mass is 239 g/mol. The molecule has 0 aromatic heterocycles. The molecule has 0 aliphatic rings. The van der Waals surface area contributed by atoms with E-state index in [0.717, 1.165) is 0 Å². The summed E-state index contributed by atoms with van der Waals surface area (Å²) in [6, 6.07) is 16.2. The lowest BCUT2D eigenvalue weighted by Gasteiger charge is -2.03. The molecule has 2 nitrogen and oxygen atoms in total. The van der Waals surface area contributed by atoms with E-state index in [4.69, 9.17) is 0 Å². The van der Waals surface area contributed by atoms with Gasteiger partial charge < -0.3 is 0 Å². The van der Waals surface area contributed by atoms with Gasteiger partial charge >= 0.3 is 0 Å². The van der Waals surface area contributed by atoms with Crippen molar-refractivity contribution in [3.05, 3.63) is 65.7 Å². The fraction of sp³-hybridized carbons (Fsp3) is 0. The average molecular weight is 239 g/mol. The number of isothiocyanates is 1. The van der Waals surface area contributed by atoms with Crippen molar-refractivity contribution >= 4 is 28.8 Å². The Morgan fingerprint density at radius 3 is 2.35 bits per heavy atom. The number of benzene rings is 2. The van der Waals surface area contributed by atoms with Crippen LogP contribution in [-0.2, 0) is 0 Å². The van der Waals surface area contributed by atoms with Gasteiger partial charge in [0.15, 0.2) is 5.78 Å². The predicted molar refractivity (Wildman–Crippen MR) is 71.0 cm³/mol. The molecule has 0 saturated carbocycles.